The van der Waals surface area contributed by atoms with Gasteiger partial charge in [0.1, 0.15) is 6.61 Å². The summed E-state index contributed by atoms with van der Waals surface area (Å²) in [5, 5.41) is 12.0. The van der Waals surface area contributed by atoms with Crippen LogP contribution in [-0.4, -0.2) is 30.1 Å². The fraction of sp³-hybridized carbons (Fsp3) is 0.667. The van der Waals surface area contributed by atoms with Crippen molar-refractivity contribution in [1.82, 2.24) is 0 Å². The first-order valence-electron chi connectivity index (χ1n) is 10.8. The monoisotopic (exact) mass is 450 g/mol. The van der Waals surface area contributed by atoms with Crippen molar-refractivity contribution in [2.24, 2.45) is 34.5 Å². The van der Waals surface area contributed by atoms with Crippen molar-refractivity contribution in [1.29, 1.82) is 0 Å². The van der Waals surface area contributed by atoms with Crippen LogP contribution in [0.2, 0.25) is 0 Å². The molecule has 8 heteroatoms. The molecule has 0 spiro atoms. The second-order valence-corrected chi connectivity index (χ2v) is 8.59. The van der Waals surface area contributed by atoms with E-state index in [1.165, 1.54) is 0 Å². The minimum atomic E-state index is -0.749. The van der Waals surface area contributed by atoms with Crippen molar-refractivity contribution in [2.45, 2.75) is 67.4 Å². The number of carbonyl (C=O) groups is 2. The lowest BCUT2D eigenvalue weighted by Gasteiger charge is -2.16. The Balaban J connectivity index is 0. The summed E-state index contributed by atoms with van der Waals surface area (Å²) in [6.45, 7) is 9.42. The second kappa shape index (κ2) is 19.1. The first-order chi connectivity index (χ1) is 14.7. The number of esters is 1. The lowest BCUT2D eigenvalue weighted by molar-refractivity contribution is -0.146. The SMILES string of the molecule is C.CC(C)C[C@H](CN)CC(=O)O.CC(C)C[C@H](CN=[N+]=[N-])CC(=O)OCc1ccccc1. The molecule has 2 atom stereocenters. The van der Waals surface area contributed by atoms with E-state index in [4.69, 9.17) is 21.1 Å². The number of hydrogen-bond acceptors (Lipinski definition) is 5. The molecular weight excluding hydrogens is 408 g/mol. The quantitative estimate of drug-likeness (QED) is 0.169. The molecule has 0 fully saturated rings. The fourth-order valence-corrected chi connectivity index (χ4v) is 3.25. The molecule has 0 unspecified atom stereocenters. The number of nitrogens with zero attached hydrogens (tertiary/aromatic N) is 3. The van der Waals surface area contributed by atoms with Crippen molar-refractivity contribution in [2.75, 3.05) is 13.1 Å². The molecule has 32 heavy (non-hydrogen) atoms. The van der Waals surface area contributed by atoms with Crippen molar-refractivity contribution in [3.63, 3.8) is 0 Å². The van der Waals surface area contributed by atoms with E-state index in [0.29, 0.717) is 31.3 Å². The number of carbonyl (C=O) groups excluding carboxylic acids is 1. The summed E-state index contributed by atoms with van der Waals surface area (Å²) >= 11 is 0. The number of azide groups is 1. The van der Waals surface area contributed by atoms with Gasteiger partial charge in [-0.05, 0) is 54.2 Å². The Morgan fingerprint density at radius 2 is 1.62 bits per heavy atom. The van der Waals surface area contributed by atoms with Gasteiger partial charge in [-0.3, -0.25) is 9.59 Å². The summed E-state index contributed by atoms with van der Waals surface area (Å²) in [7, 11) is 0. The average molecular weight is 451 g/mol. The Hall–Kier alpha value is -2.57. The first-order valence-corrected chi connectivity index (χ1v) is 10.8. The Morgan fingerprint density at radius 3 is 2.09 bits per heavy atom. The third-order valence-corrected chi connectivity index (χ3v) is 4.51. The van der Waals surface area contributed by atoms with Crippen LogP contribution >= 0.6 is 0 Å². The normalized spacial score (nSPS) is 12.0. The van der Waals surface area contributed by atoms with E-state index in [1.54, 1.807) is 0 Å². The molecule has 1 aromatic carbocycles. The van der Waals surface area contributed by atoms with Gasteiger partial charge in [0.25, 0.3) is 0 Å². The Bertz CT molecular complexity index is 674. The highest BCUT2D eigenvalue weighted by atomic mass is 16.5. The second-order valence-electron chi connectivity index (χ2n) is 8.59. The molecule has 0 bridgehead atoms. The van der Waals surface area contributed by atoms with Crippen molar-refractivity contribution >= 4 is 11.9 Å². The molecule has 182 valence electrons. The highest BCUT2D eigenvalue weighted by Crippen LogP contribution is 2.17. The number of benzene rings is 1. The zero-order valence-corrected chi connectivity index (χ0v) is 19.2. The van der Waals surface area contributed by atoms with Crippen molar-refractivity contribution in [3.8, 4) is 0 Å². The van der Waals surface area contributed by atoms with Crippen LogP contribution < -0.4 is 5.73 Å². The third kappa shape index (κ3) is 18.2. The predicted octanol–water partition coefficient (Wildman–Crippen LogP) is 5.81. The molecule has 0 heterocycles. The highest BCUT2D eigenvalue weighted by molar-refractivity contribution is 5.69. The average Bonchev–Trinajstić information content (AvgIpc) is 2.70. The van der Waals surface area contributed by atoms with E-state index >= 15 is 0 Å². The lowest BCUT2D eigenvalue weighted by atomic mass is 9.94. The van der Waals surface area contributed by atoms with Crippen LogP contribution in [0.25, 0.3) is 10.4 Å². The molecule has 0 amide bonds. The molecular formula is C24H42N4O4. The molecule has 0 aliphatic heterocycles. The van der Waals surface area contributed by atoms with Crippen LogP contribution in [0.5, 0.6) is 0 Å². The van der Waals surface area contributed by atoms with E-state index in [-0.39, 0.29) is 38.3 Å². The Labute approximate surface area is 193 Å². The number of hydrogen-bond donors (Lipinski definition) is 2. The van der Waals surface area contributed by atoms with Crippen LogP contribution in [0.3, 0.4) is 0 Å². The number of carboxylic acids is 1. The van der Waals surface area contributed by atoms with E-state index < -0.39 is 5.97 Å². The standard InChI is InChI=1S/C15H21N3O2.C8H17NO2.CH4/c1-12(2)8-14(10-17-18-16)9-15(19)20-11-13-6-4-3-5-7-13;1-6(2)3-7(5-9)4-8(10)11;/h3-7,12,14H,8-11H2,1-2H3;6-7H,3-5,9H2,1-2H3,(H,10,11);1H4/t14-;7-;/m00./s1. The van der Waals surface area contributed by atoms with Gasteiger partial charge >= 0.3 is 11.9 Å². The molecule has 0 aliphatic carbocycles. The molecule has 1 aromatic rings. The van der Waals surface area contributed by atoms with Gasteiger partial charge < -0.3 is 15.6 Å². The molecule has 0 saturated heterocycles. The highest BCUT2D eigenvalue weighted by Gasteiger charge is 2.16. The lowest BCUT2D eigenvalue weighted by Crippen LogP contribution is -2.19. The topological polar surface area (TPSA) is 138 Å². The summed E-state index contributed by atoms with van der Waals surface area (Å²) in [6, 6.07) is 9.57. The van der Waals surface area contributed by atoms with E-state index in [0.717, 1.165) is 18.4 Å². The summed E-state index contributed by atoms with van der Waals surface area (Å²) < 4.78 is 5.25. The van der Waals surface area contributed by atoms with Crippen molar-refractivity contribution in [3.05, 3.63) is 46.3 Å². The zero-order chi connectivity index (χ0) is 23.6. The van der Waals surface area contributed by atoms with Gasteiger partial charge in [0.2, 0.25) is 0 Å². The molecule has 0 aliphatic rings. The summed E-state index contributed by atoms with van der Waals surface area (Å²) in [4.78, 5) is 24.9. The summed E-state index contributed by atoms with van der Waals surface area (Å²) in [5.41, 5.74) is 14.8. The number of nitrogens with two attached hydrogens (primary N) is 1. The molecule has 8 nitrogen and oxygen atoms in total. The molecule has 0 saturated carbocycles. The van der Waals surface area contributed by atoms with E-state index in [9.17, 15) is 9.59 Å². The first kappa shape index (κ1) is 31.6. The van der Waals surface area contributed by atoms with Crippen LogP contribution in [0.1, 0.15) is 66.4 Å². The minimum absolute atomic E-state index is 0. The molecule has 0 radical (unpaired) electrons. The van der Waals surface area contributed by atoms with Gasteiger partial charge in [-0.1, -0.05) is 70.6 Å². The summed E-state index contributed by atoms with van der Waals surface area (Å²) in [5.74, 6) is 0.189. The Kier molecular flexibility index (Phi) is 18.9. The smallest absolute Gasteiger partial charge is 0.306 e. The van der Waals surface area contributed by atoms with Gasteiger partial charge in [-0.15, -0.1) is 0 Å². The maximum Gasteiger partial charge on any atom is 0.306 e. The predicted molar refractivity (Wildman–Crippen MR) is 129 cm³/mol. The van der Waals surface area contributed by atoms with Gasteiger partial charge in [0.15, 0.2) is 0 Å². The maximum absolute atomic E-state index is 11.8. The fourth-order valence-electron chi connectivity index (χ4n) is 3.25. The summed E-state index contributed by atoms with van der Waals surface area (Å²) in [6.07, 6.45) is 2.25. The van der Waals surface area contributed by atoms with E-state index in [2.05, 4.69) is 37.7 Å². The number of ether oxygens (including phenoxy) is 1. The largest absolute Gasteiger partial charge is 0.481 e. The van der Waals surface area contributed by atoms with Gasteiger partial charge in [0.05, 0.1) is 0 Å². The van der Waals surface area contributed by atoms with Crippen LogP contribution in [0.4, 0.5) is 0 Å². The molecule has 0 aromatic heterocycles. The van der Waals surface area contributed by atoms with E-state index in [1.807, 2.05) is 30.3 Å². The van der Waals surface area contributed by atoms with Gasteiger partial charge in [-0.25, -0.2) is 0 Å². The Morgan fingerprint density at radius 1 is 1.06 bits per heavy atom. The van der Waals surface area contributed by atoms with Crippen LogP contribution in [0.15, 0.2) is 35.4 Å². The third-order valence-electron chi connectivity index (χ3n) is 4.51. The van der Waals surface area contributed by atoms with Gasteiger partial charge in [-0.2, -0.15) is 0 Å². The number of aliphatic carboxylic acids is 1. The van der Waals surface area contributed by atoms with Crippen LogP contribution in [0, 0.1) is 23.7 Å². The zero-order valence-electron chi connectivity index (χ0n) is 19.2. The van der Waals surface area contributed by atoms with Crippen LogP contribution in [-0.2, 0) is 20.9 Å². The minimum Gasteiger partial charge on any atom is -0.481 e. The molecule has 1 rings (SSSR count). The maximum atomic E-state index is 11.8. The van der Waals surface area contributed by atoms with Gasteiger partial charge in [0, 0.05) is 24.3 Å². The number of rotatable bonds is 13. The molecule has 3 N–H and O–H groups in total. The number of carboxylic acid groups (broad SMARTS) is 1. The van der Waals surface area contributed by atoms with Crippen molar-refractivity contribution < 1.29 is 19.4 Å².